The van der Waals surface area contributed by atoms with Crippen molar-refractivity contribution < 1.29 is 9.50 Å². The maximum absolute atomic E-state index is 13.4. The fourth-order valence-corrected chi connectivity index (χ4v) is 4.52. The van der Waals surface area contributed by atoms with E-state index >= 15 is 0 Å². The van der Waals surface area contributed by atoms with Gasteiger partial charge < -0.3 is 10.4 Å². The third-order valence-electron chi connectivity index (χ3n) is 5.31. The van der Waals surface area contributed by atoms with E-state index in [1.807, 2.05) is 22.0 Å². The maximum Gasteiger partial charge on any atom is 0.223 e. The Hall–Kier alpha value is -2.84. The van der Waals surface area contributed by atoms with Crippen LogP contribution in [0.2, 0.25) is 0 Å². The number of nitrogens with zero attached hydrogens (tertiary/aromatic N) is 4. The van der Waals surface area contributed by atoms with E-state index in [4.69, 9.17) is 9.97 Å². The van der Waals surface area contributed by atoms with Crippen molar-refractivity contribution in [2.24, 2.45) is 0 Å². The highest BCUT2D eigenvalue weighted by Crippen LogP contribution is 2.34. The molecule has 0 saturated heterocycles. The van der Waals surface area contributed by atoms with Crippen LogP contribution in [0.3, 0.4) is 0 Å². The van der Waals surface area contributed by atoms with Crippen LogP contribution in [0.25, 0.3) is 27.6 Å². The number of rotatable bonds is 4. The predicted molar refractivity (Wildman–Crippen MR) is 111 cm³/mol. The maximum atomic E-state index is 13.4. The molecule has 0 spiro atoms. The van der Waals surface area contributed by atoms with Crippen molar-refractivity contribution in [1.82, 2.24) is 19.4 Å². The quantitative estimate of drug-likeness (QED) is 0.523. The summed E-state index contributed by atoms with van der Waals surface area (Å²) in [5.74, 6) is 0.293. The van der Waals surface area contributed by atoms with Gasteiger partial charge in [0.25, 0.3) is 0 Å². The smallest absolute Gasteiger partial charge is 0.223 e. The van der Waals surface area contributed by atoms with E-state index in [9.17, 15) is 9.50 Å². The van der Waals surface area contributed by atoms with Gasteiger partial charge in [0.15, 0.2) is 4.96 Å². The van der Waals surface area contributed by atoms with Crippen molar-refractivity contribution in [1.29, 1.82) is 0 Å². The lowest BCUT2D eigenvalue weighted by molar-refractivity contribution is 0.126. The van der Waals surface area contributed by atoms with Gasteiger partial charge in [0.2, 0.25) is 5.95 Å². The summed E-state index contributed by atoms with van der Waals surface area (Å²) in [5, 5.41) is 15.1. The van der Waals surface area contributed by atoms with Gasteiger partial charge in [0, 0.05) is 29.4 Å². The van der Waals surface area contributed by atoms with Crippen molar-refractivity contribution >= 4 is 22.2 Å². The van der Waals surface area contributed by atoms with Gasteiger partial charge in [-0.1, -0.05) is 0 Å². The van der Waals surface area contributed by atoms with Crippen molar-refractivity contribution in [2.45, 2.75) is 37.8 Å². The number of hydrogen-bond donors (Lipinski definition) is 2. The molecule has 1 aliphatic carbocycles. The van der Waals surface area contributed by atoms with E-state index in [1.54, 1.807) is 29.7 Å². The summed E-state index contributed by atoms with van der Waals surface area (Å²) in [7, 11) is 0. The summed E-state index contributed by atoms with van der Waals surface area (Å²) in [6, 6.07) is 8.48. The van der Waals surface area contributed by atoms with Crippen molar-refractivity contribution in [3.8, 4) is 22.6 Å². The number of thiazole rings is 1. The third-order valence-corrected chi connectivity index (χ3v) is 6.06. The number of halogens is 1. The van der Waals surface area contributed by atoms with Crippen LogP contribution in [-0.4, -0.2) is 36.6 Å². The molecule has 1 aromatic carbocycles. The van der Waals surface area contributed by atoms with Gasteiger partial charge in [-0.3, -0.25) is 4.40 Å². The zero-order valence-corrected chi connectivity index (χ0v) is 16.4. The van der Waals surface area contributed by atoms with Gasteiger partial charge >= 0.3 is 0 Å². The summed E-state index contributed by atoms with van der Waals surface area (Å²) >= 11 is 1.54. The Morgan fingerprint density at radius 3 is 2.66 bits per heavy atom. The van der Waals surface area contributed by atoms with Crippen LogP contribution in [0, 0.1) is 5.82 Å². The number of anilines is 1. The molecule has 8 heteroatoms. The van der Waals surface area contributed by atoms with Crippen LogP contribution < -0.4 is 5.32 Å². The minimum absolute atomic E-state index is 0.197. The molecule has 1 saturated carbocycles. The van der Waals surface area contributed by atoms with Crippen molar-refractivity contribution in [2.75, 3.05) is 5.32 Å². The number of imidazole rings is 1. The molecular weight excluding hydrogens is 389 g/mol. The van der Waals surface area contributed by atoms with E-state index in [1.165, 1.54) is 12.1 Å². The molecule has 0 unspecified atom stereocenters. The van der Waals surface area contributed by atoms with E-state index in [0.717, 1.165) is 53.3 Å². The van der Waals surface area contributed by atoms with E-state index < -0.39 is 0 Å². The zero-order chi connectivity index (χ0) is 19.8. The fraction of sp³-hybridized carbons (Fsp3) is 0.286. The summed E-state index contributed by atoms with van der Waals surface area (Å²) in [6.07, 6.45) is 6.90. The van der Waals surface area contributed by atoms with Crippen LogP contribution >= 0.6 is 11.3 Å². The average Bonchev–Trinajstić information content (AvgIpc) is 3.32. The fourth-order valence-electron chi connectivity index (χ4n) is 3.80. The number of benzene rings is 1. The lowest BCUT2D eigenvalue weighted by atomic mass is 9.93. The molecule has 4 aromatic rings. The Kier molecular flexibility index (Phi) is 4.73. The van der Waals surface area contributed by atoms with Crippen LogP contribution in [0.1, 0.15) is 25.7 Å². The molecule has 6 nitrogen and oxygen atoms in total. The molecule has 3 heterocycles. The molecule has 0 aliphatic heterocycles. The van der Waals surface area contributed by atoms with Crippen molar-refractivity contribution in [3.05, 3.63) is 53.9 Å². The summed E-state index contributed by atoms with van der Waals surface area (Å²) in [4.78, 5) is 14.7. The lowest BCUT2D eigenvalue weighted by Crippen LogP contribution is -2.28. The molecule has 5 rings (SSSR count). The Morgan fingerprint density at radius 1 is 1.07 bits per heavy atom. The van der Waals surface area contributed by atoms with Crippen molar-refractivity contribution in [3.63, 3.8) is 0 Å². The first-order chi connectivity index (χ1) is 14.2. The van der Waals surface area contributed by atoms with Crippen LogP contribution in [0.4, 0.5) is 10.3 Å². The Labute approximate surface area is 171 Å². The summed E-state index contributed by atoms with van der Waals surface area (Å²) in [6.45, 7) is 0. The van der Waals surface area contributed by atoms with Gasteiger partial charge in [-0.25, -0.2) is 19.3 Å². The van der Waals surface area contributed by atoms with Gasteiger partial charge in [-0.15, -0.1) is 11.3 Å². The zero-order valence-electron chi connectivity index (χ0n) is 15.6. The van der Waals surface area contributed by atoms with Crippen LogP contribution in [0.5, 0.6) is 0 Å². The molecule has 148 valence electrons. The van der Waals surface area contributed by atoms with Crippen LogP contribution in [-0.2, 0) is 0 Å². The largest absolute Gasteiger partial charge is 0.393 e. The molecule has 3 aromatic heterocycles. The minimum Gasteiger partial charge on any atom is -0.393 e. The number of aliphatic hydroxyl groups is 1. The third kappa shape index (κ3) is 3.61. The summed E-state index contributed by atoms with van der Waals surface area (Å²) in [5.41, 5.74) is 3.22. The highest BCUT2D eigenvalue weighted by Gasteiger charge is 2.21. The first-order valence-electron chi connectivity index (χ1n) is 9.67. The van der Waals surface area contributed by atoms with Gasteiger partial charge in [-0.2, -0.15) is 0 Å². The van der Waals surface area contributed by atoms with Gasteiger partial charge in [0.1, 0.15) is 11.5 Å². The first-order valence-corrected chi connectivity index (χ1v) is 10.5. The Morgan fingerprint density at radius 2 is 1.86 bits per heavy atom. The Balaban J connectivity index is 1.53. The Bertz CT molecular complexity index is 1130. The van der Waals surface area contributed by atoms with E-state index in [0.29, 0.717) is 5.95 Å². The highest BCUT2D eigenvalue weighted by atomic mass is 32.1. The summed E-state index contributed by atoms with van der Waals surface area (Å²) < 4.78 is 15.4. The molecule has 0 bridgehead atoms. The SMILES string of the molecule is O[C@H]1CC[C@H](Nc2nccc(-c3c(-c4ccc(F)cc4)nc4sccn34)n2)CC1. The second-order valence-electron chi connectivity index (χ2n) is 7.29. The predicted octanol–water partition coefficient (Wildman–Crippen LogP) is 4.37. The van der Waals surface area contributed by atoms with E-state index in [2.05, 4.69) is 10.3 Å². The van der Waals surface area contributed by atoms with Crippen LogP contribution in [0.15, 0.2) is 48.1 Å². The molecule has 0 atom stereocenters. The molecular formula is C21H20FN5OS. The van der Waals surface area contributed by atoms with E-state index in [-0.39, 0.29) is 18.0 Å². The molecule has 2 N–H and O–H groups in total. The topological polar surface area (TPSA) is 75.3 Å². The number of fused-ring (bicyclic) bond motifs is 1. The second kappa shape index (κ2) is 7.53. The molecule has 29 heavy (non-hydrogen) atoms. The second-order valence-corrected chi connectivity index (χ2v) is 8.16. The molecule has 1 aliphatic rings. The number of aliphatic hydroxyl groups excluding tert-OH is 1. The molecule has 1 fully saturated rings. The van der Waals surface area contributed by atoms with Gasteiger partial charge in [0.05, 0.1) is 17.5 Å². The average molecular weight is 409 g/mol. The monoisotopic (exact) mass is 409 g/mol. The molecule has 0 amide bonds. The molecule has 0 radical (unpaired) electrons. The minimum atomic E-state index is -0.276. The number of nitrogens with one attached hydrogen (secondary N) is 1. The highest BCUT2D eigenvalue weighted by molar-refractivity contribution is 7.15. The van der Waals surface area contributed by atoms with Gasteiger partial charge in [-0.05, 0) is 56.0 Å². The lowest BCUT2D eigenvalue weighted by Gasteiger charge is -2.26. The number of hydrogen-bond acceptors (Lipinski definition) is 6. The first kappa shape index (κ1) is 18.2. The normalized spacial score (nSPS) is 19.5. The standard InChI is InChI=1S/C21H20FN5OS/c22-14-3-1-13(2-4-14)18-19(27-11-12-29-21(27)26-18)17-9-10-23-20(25-17)24-15-5-7-16(28)8-6-15/h1-4,9-12,15-16,28H,5-8H2,(H,23,24,25)/t15-,16-. The number of aromatic nitrogens is 4.